The van der Waals surface area contributed by atoms with Gasteiger partial charge in [-0.3, -0.25) is 9.59 Å². The van der Waals surface area contributed by atoms with Crippen LogP contribution in [-0.4, -0.2) is 31.2 Å². The number of carboxylic acid groups (broad SMARTS) is 1. The number of carbonyl (C=O) groups is 1. The number of nitrogens with zero attached hydrogens (tertiary/aromatic N) is 3. The molecule has 0 saturated heterocycles. The van der Waals surface area contributed by atoms with Crippen molar-refractivity contribution < 1.29 is 9.90 Å². The van der Waals surface area contributed by atoms with Crippen molar-refractivity contribution in [3.05, 3.63) is 52.2 Å². The molecular formula is C16H15N5O3. The minimum Gasteiger partial charge on any atom is -0.481 e. The highest BCUT2D eigenvalue weighted by molar-refractivity contribution is 5.89. The molecule has 0 aliphatic carbocycles. The summed E-state index contributed by atoms with van der Waals surface area (Å²) in [7, 11) is 0. The lowest BCUT2D eigenvalue weighted by molar-refractivity contribution is -0.136. The number of carboxylic acids is 1. The van der Waals surface area contributed by atoms with Crippen LogP contribution in [0.1, 0.15) is 17.8 Å². The average Bonchev–Trinajstić information content (AvgIpc) is 2.54. The van der Waals surface area contributed by atoms with Crippen LogP contribution >= 0.6 is 0 Å². The molecule has 1 aromatic carbocycles. The minimum absolute atomic E-state index is 0.0882. The van der Waals surface area contributed by atoms with Gasteiger partial charge < -0.3 is 10.4 Å². The summed E-state index contributed by atoms with van der Waals surface area (Å²) in [6, 6.07) is 7.31. The standard InChI is InChI=1S/C16H15N5O3/c1-9-18-12-8-17-21-16(24)14(12)15(19-9)20-11-5-2-10(3-6-11)4-7-13(22)23/h2-3,5-6,8H,4,7H2,1H3,(H,21,24)(H,22,23)(H,18,19,20). The molecule has 3 rings (SSSR count). The molecule has 8 nitrogen and oxygen atoms in total. The summed E-state index contributed by atoms with van der Waals surface area (Å²) in [4.78, 5) is 31.1. The molecule has 2 heterocycles. The second-order valence-electron chi connectivity index (χ2n) is 5.29. The van der Waals surface area contributed by atoms with Gasteiger partial charge in [0.1, 0.15) is 22.5 Å². The van der Waals surface area contributed by atoms with Crippen LogP contribution in [0.15, 0.2) is 35.3 Å². The normalized spacial score (nSPS) is 10.7. The van der Waals surface area contributed by atoms with E-state index in [0.717, 1.165) is 11.3 Å². The van der Waals surface area contributed by atoms with E-state index in [4.69, 9.17) is 5.11 Å². The molecule has 0 saturated carbocycles. The Morgan fingerprint density at radius 1 is 1.25 bits per heavy atom. The number of aromatic amines is 1. The van der Waals surface area contributed by atoms with Gasteiger partial charge in [-0.1, -0.05) is 12.1 Å². The zero-order valence-electron chi connectivity index (χ0n) is 12.9. The number of aryl methyl sites for hydroxylation is 2. The second kappa shape index (κ2) is 6.45. The summed E-state index contributed by atoms with van der Waals surface area (Å²) in [6.07, 6.45) is 2.03. The topological polar surface area (TPSA) is 121 Å². The van der Waals surface area contributed by atoms with Gasteiger partial charge in [0.05, 0.1) is 6.20 Å². The van der Waals surface area contributed by atoms with Crippen molar-refractivity contribution >= 4 is 28.4 Å². The highest BCUT2D eigenvalue weighted by atomic mass is 16.4. The number of anilines is 2. The van der Waals surface area contributed by atoms with Crippen LogP contribution in [0.3, 0.4) is 0 Å². The fraction of sp³-hybridized carbons (Fsp3) is 0.188. The molecule has 24 heavy (non-hydrogen) atoms. The Balaban J connectivity index is 1.90. The third-order valence-corrected chi connectivity index (χ3v) is 3.47. The van der Waals surface area contributed by atoms with Crippen LogP contribution in [0.5, 0.6) is 0 Å². The molecule has 122 valence electrons. The van der Waals surface area contributed by atoms with Gasteiger partial charge >= 0.3 is 5.97 Å². The third-order valence-electron chi connectivity index (χ3n) is 3.47. The number of aromatic nitrogens is 4. The van der Waals surface area contributed by atoms with Crippen LogP contribution in [0.2, 0.25) is 0 Å². The summed E-state index contributed by atoms with van der Waals surface area (Å²) in [5.41, 5.74) is 1.76. The minimum atomic E-state index is -0.826. The lowest BCUT2D eigenvalue weighted by Crippen LogP contribution is -2.12. The van der Waals surface area contributed by atoms with Gasteiger partial charge in [0.25, 0.3) is 5.56 Å². The molecule has 0 aliphatic rings. The molecule has 3 aromatic rings. The van der Waals surface area contributed by atoms with E-state index in [1.165, 1.54) is 6.20 Å². The Bertz CT molecular complexity index is 950. The molecule has 0 fully saturated rings. The van der Waals surface area contributed by atoms with Crippen molar-refractivity contribution in [2.75, 3.05) is 5.32 Å². The van der Waals surface area contributed by atoms with Crippen LogP contribution in [-0.2, 0) is 11.2 Å². The number of H-pyrrole nitrogens is 1. The third kappa shape index (κ3) is 3.37. The quantitative estimate of drug-likeness (QED) is 0.653. The maximum absolute atomic E-state index is 12.0. The summed E-state index contributed by atoms with van der Waals surface area (Å²) < 4.78 is 0. The second-order valence-corrected chi connectivity index (χ2v) is 5.29. The Morgan fingerprint density at radius 2 is 2.00 bits per heavy atom. The fourth-order valence-electron chi connectivity index (χ4n) is 2.35. The van der Waals surface area contributed by atoms with E-state index in [9.17, 15) is 9.59 Å². The Labute approximate surface area is 136 Å². The van der Waals surface area contributed by atoms with Gasteiger partial charge in [-0.25, -0.2) is 15.1 Å². The van der Waals surface area contributed by atoms with Crippen molar-refractivity contribution in [1.82, 2.24) is 20.2 Å². The number of rotatable bonds is 5. The summed E-state index contributed by atoms with van der Waals surface area (Å²) >= 11 is 0. The number of benzene rings is 1. The van der Waals surface area contributed by atoms with Crippen molar-refractivity contribution in [2.45, 2.75) is 19.8 Å². The molecule has 0 bridgehead atoms. The molecule has 0 amide bonds. The van der Waals surface area contributed by atoms with Gasteiger partial charge in [-0.2, -0.15) is 5.10 Å². The fourth-order valence-corrected chi connectivity index (χ4v) is 2.35. The number of aliphatic carboxylic acids is 1. The molecule has 8 heteroatoms. The van der Waals surface area contributed by atoms with Gasteiger partial charge in [0, 0.05) is 12.1 Å². The monoisotopic (exact) mass is 325 g/mol. The maximum Gasteiger partial charge on any atom is 0.303 e. The molecular weight excluding hydrogens is 310 g/mol. The van der Waals surface area contributed by atoms with E-state index in [1.54, 1.807) is 6.92 Å². The molecule has 0 spiro atoms. The average molecular weight is 325 g/mol. The van der Waals surface area contributed by atoms with E-state index in [2.05, 4.69) is 25.5 Å². The van der Waals surface area contributed by atoms with Crippen LogP contribution in [0.4, 0.5) is 11.5 Å². The highest BCUT2D eigenvalue weighted by Gasteiger charge is 2.10. The molecule has 3 N–H and O–H groups in total. The van der Waals surface area contributed by atoms with E-state index < -0.39 is 5.97 Å². The van der Waals surface area contributed by atoms with Crippen molar-refractivity contribution in [3.8, 4) is 0 Å². The Morgan fingerprint density at radius 3 is 2.71 bits per heavy atom. The zero-order valence-corrected chi connectivity index (χ0v) is 12.9. The van der Waals surface area contributed by atoms with E-state index in [-0.39, 0.29) is 12.0 Å². The Kier molecular flexibility index (Phi) is 4.19. The number of nitrogens with one attached hydrogen (secondary N) is 2. The molecule has 0 aliphatic heterocycles. The lowest BCUT2D eigenvalue weighted by atomic mass is 10.1. The summed E-state index contributed by atoms with van der Waals surface area (Å²) in [5, 5.41) is 18.3. The first-order valence-corrected chi connectivity index (χ1v) is 7.33. The summed E-state index contributed by atoms with van der Waals surface area (Å²) in [6.45, 7) is 1.74. The number of hydrogen-bond donors (Lipinski definition) is 3. The van der Waals surface area contributed by atoms with E-state index in [0.29, 0.717) is 29.0 Å². The van der Waals surface area contributed by atoms with Crippen molar-refractivity contribution in [1.29, 1.82) is 0 Å². The van der Waals surface area contributed by atoms with Gasteiger partial charge in [0.15, 0.2) is 0 Å². The predicted molar refractivity (Wildman–Crippen MR) is 88.4 cm³/mol. The van der Waals surface area contributed by atoms with Crippen molar-refractivity contribution in [2.24, 2.45) is 0 Å². The van der Waals surface area contributed by atoms with Gasteiger partial charge in [0.2, 0.25) is 0 Å². The highest BCUT2D eigenvalue weighted by Crippen LogP contribution is 2.21. The molecule has 0 unspecified atom stereocenters. The first-order chi connectivity index (χ1) is 11.5. The lowest BCUT2D eigenvalue weighted by Gasteiger charge is -2.09. The van der Waals surface area contributed by atoms with Crippen LogP contribution < -0.4 is 10.9 Å². The zero-order chi connectivity index (χ0) is 17.1. The first-order valence-electron chi connectivity index (χ1n) is 7.33. The molecule has 2 aromatic heterocycles. The van der Waals surface area contributed by atoms with E-state index in [1.807, 2.05) is 24.3 Å². The van der Waals surface area contributed by atoms with Crippen LogP contribution in [0.25, 0.3) is 10.9 Å². The van der Waals surface area contributed by atoms with Gasteiger partial charge in [-0.05, 0) is 31.0 Å². The molecule has 0 radical (unpaired) electrons. The number of hydrogen-bond acceptors (Lipinski definition) is 6. The van der Waals surface area contributed by atoms with Gasteiger partial charge in [-0.15, -0.1) is 0 Å². The summed E-state index contributed by atoms with van der Waals surface area (Å²) in [5.74, 6) is 0.0999. The SMILES string of the molecule is Cc1nc(Nc2ccc(CCC(=O)O)cc2)c2c(=O)[nH]ncc2n1. The first kappa shape index (κ1) is 15.6. The van der Waals surface area contributed by atoms with E-state index >= 15 is 0 Å². The van der Waals surface area contributed by atoms with Crippen molar-refractivity contribution in [3.63, 3.8) is 0 Å². The Hall–Kier alpha value is -3.29. The smallest absolute Gasteiger partial charge is 0.303 e. The maximum atomic E-state index is 12.0. The molecule has 0 atom stereocenters. The van der Waals surface area contributed by atoms with Crippen LogP contribution in [0, 0.1) is 6.92 Å². The predicted octanol–water partition coefficient (Wildman–Crippen LogP) is 1.78. The number of fused-ring (bicyclic) bond motifs is 1. The largest absolute Gasteiger partial charge is 0.481 e.